The number of likely N-dealkylation sites (N-methyl/N-ethyl adjacent to an activating group) is 1. The normalized spacial score (nSPS) is 12.9. The van der Waals surface area contributed by atoms with E-state index in [1.54, 1.807) is 26.2 Å². The molecule has 0 heterocycles. The van der Waals surface area contributed by atoms with E-state index in [0.29, 0.717) is 0 Å². The smallest absolute Gasteiger partial charge is 0.337 e. The average molecular weight is 324 g/mol. The summed E-state index contributed by atoms with van der Waals surface area (Å²) in [5.41, 5.74) is -1.94. The lowest BCUT2D eigenvalue weighted by Gasteiger charge is -2.19. The van der Waals surface area contributed by atoms with Gasteiger partial charge in [-0.2, -0.15) is 0 Å². The molecule has 3 N–H and O–H groups in total. The molecule has 0 aliphatic heterocycles. The van der Waals surface area contributed by atoms with Crippen LogP contribution in [0.25, 0.3) is 0 Å². The number of hydrogen-bond donors (Lipinski definition) is 3. The summed E-state index contributed by atoms with van der Waals surface area (Å²) >= 11 is 0. The van der Waals surface area contributed by atoms with Crippen molar-refractivity contribution in [1.29, 1.82) is 0 Å². The minimum atomic E-state index is -2.08. The summed E-state index contributed by atoms with van der Waals surface area (Å²) < 4.78 is 5.33. The third-order valence-corrected chi connectivity index (χ3v) is 3.04. The highest BCUT2D eigenvalue weighted by Crippen LogP contribution is 2.18. The molecule has 1 atom stereocenters. The fourth-order valence-corrected chi connectivity index (χ4v) is 1.47. The number of hydrogen-bond acceptors (Lipinski definition) is 5. The van der Waals surface area contributed by atoms with Gasteiger partial charge in [-0.25, -0.2) is 4.79 Å². The topological polar surface area (TPSA) is 116 Å². The van der Waals surface area contributed by atoms with E-state index in [0.717, 1.165) is 6.92 Å². The SMILES string of the molecule is CN(C)C(=O)COc1ccccc1C(=O)NCC(C)(O)C(=O)O. The van der Waals surface area contributed by atoms with Crippen molar-refractivity contribution in [2.45, 2.75) is 12.5 Å². The Hall–Kier alpha value is -2.61. The van der Waals surface area contributed by atoms with E-state index in [2.05, 4.69) is 5.32 Å². The van der Waals surface area contributed by atoms with Crippen molar-refractivity contribution < 1.29 is 29.3 Å². The third kappa shape index (κ3) is 5.26. The molecule has 0 saturated heterocycles. The number of aliphatic carboxylic acids is 1. The molecule has 1 rings (SSSR count). The average Bonchev–Trinajstić information content (AvgIpc) is 2.50. The zero-order valence-electron chi connectivity index (χ0n) is 13.2. The maximum Gasteiger partial charge on any atom is 0.337 e. The first-order chi connectivity index (χ1) is 10.6. The van der Waals surface area contributed by atoms with Crippen LogP contribution in [0.15, 0.2) is 24.3 Å². The van der Waals surface area contributed by atoms with Gasteiger partial charge in [0.05, 0.1) is 12.1 Å². The van der Waals surface area contributed by atoms with E-state index in [1.165, 1.54) is 17.0 Å². The molecule has 8 heteroatoms. The molecular weight excluding hydrogens is 304 g/mol. The number of ether oxygens (including phenoxy) is 1. The van der Waals surface area contributed by atoms with Crippen molar-refractivity contribution in [3.63, 3.8) is 0 Å². The van der Waals surface area contributed by atoms with Crippen LogP contribution < -0.4 is 10.1 Å². The van der Waals surface area contributed by atoms with Gasteiger partial charge in [0, 0.05) is 14.1 Å². The Morgan fingerprint density at radius 2 is 1.87 bits per heavy atom. The van der Waals surface area contributed by atoms with Gasteiger partial charge in [-0.1, -0.05) is 12.1 Å². The summed E-state index contributed by atoms with van der Waals surface area (Å²) in [5.74, 6) is -2.14. The van der Waals surface area contributed by atoms with E-state index in [-0.39, 0.29) is 23.8 Å². The Balaban J connectivity index is 2.78. The molecule has 0 spiro atoms. The lowest BCUT2D eigenvalue weighted by Crippen LogP contribution is -2.46. The number of amides is 2. The first-order valence-corrected chi connectivity index (χ1v) is 6.81. The number of aliphatic hydroxyl groups is 1. The number of nitrogens with one attached hydrogen (secondary N) is 1. The molecule has 0 bridgehead atoms. The first-order valence-electron chi connectivity index (χ1n) is 6.81. The Bertz CT molecular complexity index is 597. The molecule has 0 saturated carbocycles. The van der Waals surface area contributed by atoms with Crippen molar-refractivity contribution >= 4 is 17.8 Å². The van der Waals surface area contributed by atoms with Crippen LogP contribution in [0.2, 0.25) is 0 Å². The zero-order chi connectivity index (χ0) is 17.6. The zero-order valence-corrected chi connectivity index (χ0v) is 13.2. The molecule has 0 aromatic heterocycles. The van der Waals surface area contributed by atoms with E-state index < -0.39 is 24.0 Å². The summed E-state index contributed by atoms with van der Waals surface area (Å²) in [5, 5.41) is 20.7. The second kappa shape index (κ2) is 7.59. The molecular formula is C15H20N2O6. The summed E-state index contributed by atoms with van der Waals surface area (Å²) in [7, 11) is 3.16. The Kier molecular flexibility index (Phi) is 6.09. The number of carbonyl (C=O) groups is 3. The highest BCUT2D eigenvalue weighted by molar-refractivity contribution is 5.97. The summed E-state index contributed by atoms with van der Waals surface area (Å²) in [6.45, 7) is 0.379. The van der Waals surface area contributed by atoms with Gasteiger partial charge in [-0.15, -0.1) is 0 Å². The quantitative estimate of drug-likeness (QED) is 0.635. The van der Waals surface area contributed by atoms with Gasteiger partial charge in [-0.05, 0) is 19.1 Å². The number of carboxylic acids is 1. The van der Waals surface area contributed by atoms with Crippen LogP contribution in [0.1, 0.15) is 17.3 Å². The molecule has 1 aromatic rings. The van der Waals surface area contributed by atoms with Gasteiger partial charge < -0.3 is 25.2 Å². The molecule has 2 amide bonds. The first kappa shape index (κ1) is 18.4. The van der Waals surface area contributed by atoms with Gasteiger partial charge in [0.25, 0.3) is 11.8 Å². The molecule has 23 heavy (non-hydrogen) atoms. The predicted molar refractivity (Wildman–Crippen MR) is 81.2 cm³/mol. The van der Waals surface area contributed by atoms with Crippen molar-refractivity contribution in [2.75, 3.05) is 27.2 Å². The Morgan fingerprint density at radius 3 is 2.43 bits per heavy atom. The van der Waals surface area contributed by atoms with Crippen LogP contribution in [-0.2, 0) is 9.59 Å². The number of rotatable bonds is 7. The van der Waals surface area contributed by atoms with Gasteiger partial charge in [0.2, 0.25) is 0 Å². The maximum atomic E-state index is 12.1. The van der Waals surface area contributed by atoms with Gasteiger partial charge >= 0.3 is 5.97 Å². The lowest BCUT2D eigenvalue weighted by molar-refractivity contribution is -0.155. The Morgan fingerprint density at radius 1 is 1.26 bits per heavy atom. The second-order valence-corrected chi connectivity index (χ2v) is 5.33. The molecule has 8 nitrogen and oxygen atoms in total. The fraction of sp³-hybridized carbons (Fsp3) is 0.400. The van der Waals surface area contributed by atoms with E-state index in [1.807, 2.05) is 0 Å². The Labute approximate surface area is 133 Å². The molecule has 1 aromatic carbocycles. The van der Waals surface area contributed by atoms with E-state index in [9.17, 15) is 19.5 Å². The van der Waals surface area contributed by atoms with Crippen LogP contribution >= 0.6 is 0 Å². The van der Waals surface area contributed by atoms with Crippen molar-refractivity contribution in [1.82, 2.24) is 10.2 Å². The second-order valence-electron chi connectivity index (χ2n) is 5.33. The van der Waals surface area contributed by atoms with Crippen LogP contribution in [0, 0.1) is 0 Å². The monoisotopic (exact) mass is 324 g/mol. The van der Waals surface area contributed by atoms with Crippen LogP contribution in [0.4, 0.5) is 0 Å². The standard InChI is InChI=1S/C15H20N2O6/c1-15(22,14(20)21)9-16-13(19)10-6-4-5-7-11(10)23-8-12(18)17(2)3/h4-7,22H,8-9H2,1-3H3,(H,16,19)(H,20,21). The van der Waals surface area contributed by atoms with E-state index in [4.69, 9.17) is 9.84 Å². The van der Waals surface area contributed by atoms with Crippen molar-refractivity contribution in [3.8, 4) is 5.75 Å². The minimum absolute atomic E-state index is 0.139. The number of para-hydroxylation sites is 1. The highest BCUT2D eigenvalue weighted by Gasteiger charge is 2.30. The molecule has 1 unspecified atom stereocenters. The highest BCUT2D eigenvalue weighted by atomic mass is 16.5. The van der Waals surface area contributed by atoms with Crippen molar-refractivity contribution in [3.05, 3.63) is 29.8 Å². The largest absolute Gasteiger partial charge is 0.483 e. The molecule has 0 aliphatic carbocycles. The summed E-state index contributed by atoms with van der Waals surface area (Å²) in [4.78, 5) is 35.8. The molecule has 0 radical (unpaired) electrons. The molecule has 0 fully saturated rings. The number of carboxylic acid groups (broad SMARTS) is 1. The van der Waals surface area contributed by atoms with Gasteiger partial charge in [-0.3, -0.25) is 9.59 Å². The van der Waals surface area contributed by atoms with Gasteiger partial charge in [0.15, 0.2) is 12.2 Å². The fourth-order valence-electron chi connectivity index (χ4n) is 1.47. The molecule has 126 valence electrons. The van der Waals surface area contributed by atoms with Gasteiger partial charge in [0.1, 0.15) is 5.75 Å². The number of benzene rings is 1. The number of nitrogens with zero attached hydrogens (tertiary/aromatic N) is 1. The maximum absolute atomic E-state index is 12.1. The van der Waals surface area contributed by atoms with E-state index >= 15 is 0 Å². The summed E-state index contributed by atoms with van der Waals surface area (Å²) in [6, 6.07) is 6.23. The van der Waals surface area contributed by atoms with Crippen LogP contribution in [-0.4, -0.2) is 65.7 Å². The van der Waals surface area contributed by atoms with Crippen LogP contribution in [0.5, 0.6) is 5.75 Å². The predicted octanol–water partition coefficient (Wildman–Crippen LogP) is -0.281. The molecule has 0 aliphatic rings. The third-order valence-electron chi connectivity index (χ3n) is 3.04. The van der Waals surface area contributed by atoms with Crippen LogP contribution in [0.3, 0.4) is 0 Å². The minimum Gasteiger partial charge on any atom is -0.483 e. The summed E-state index contributed by atoms with van der Waals surface area (Å²) in [6.07, 6.45) is 0. The lowest BCUT2D eigenvalue weighted by atomic mass is 10.1. The van der Waals surface area contributed by atoms with Crippen molar-refractivity contribution in [2.24, 2.45) is 0 Å². The number of carbonyl (C=O) groups excluding carboxylic acids is 2.